The van der Waals surface area contributed by atoms with E-state index in [1.165, 1.54) is 5.57 Å². The van der Waals surface area contributed by atoms with Gasteiger partial charge in [-0.15, -0.1) is 0 Å². The van der Waals surface area contributed by atoms with Crippen molar-refractivity contribution in [1.82, 2.24) is 0 Å². The van der Waals surface area contributed by atoms with E-state index in [0.717, 1.165) is 11.5 Å². The Morgan fingerprint density at radius 1 is 1.11 bits per heavy atom. The summed E-state index contributed by atoms with van der Waals surface area (Å²) in [6, 6.07) is 0. The van der Waals surface area contributed by atoms with Crippen LogP contribution in [0.4, 0.5) is 0 Å². The van der Waals surface area contributed by atoms with Gasteiger partial charge < -0.3 is 4.74 Å². The molecule has 1 nitrogen and oxygen atoms in total. The van der Waals surface area contributed by atoms with E-state index in [2.05, 4.69) is 6.58 Å². The fourth-order valence-corrected chi connectivity index (χ4v) is 0.363. The standard InChI is InChI=1S/C8H14O/c1-6(2)8(5)9-7(3)4/h3H2,1-2,4-5H3. The van der Waals surface area contributed by atoms with Crippen molar-refractivity contribution >= 4 is 0 Å². The Morgan fingerprint density at radius 3 is 1.67 bits per heavy atom. The van der Waals surface area contributed by atoms with Gasteiger partial charge in [-0.3, -0.25) is 0 Å². The number of allylic oxidation sites excluding steroid dienone is 3. The Labute approximate surface area is 57.0 Å². The molecule has 0 radical (unpaired) electrons. The summed E-state index contributed by atoms with van der Waals surface area (Å²) in [6.07, 6.45) is 0. The summed E-state index contributed by atoms with van der Waals surface area (Å²) in [5.74, 6) is 1.69. The number of hydrogen-bond acceptors (Lipinski definition) is 1. The number of hydrogen-bond donors (Lipinski definition) is 0. The van der Waals surface area contributed by atoms with E-state index < -0.39 is 0 Å². The van der Waals surface area contributed by atoms with Crippen LogP contribution in [0, 0.1) is 0 Å². The van der Waals surface area contributed by atoms with Crippen LogP contribution in [-0.4, -0.2) is 0 Å². The van der Waals surface area contributed by atoms with Gasteiger partial charge in [0, 0.05) is 0 Å². The molecule has 0 fully saturated rings. The molecule has 52 valence electrons. The van der Waals surface area contributed by atoms with E-state index >= 15 is 0 Å². The highest BCUT2D eigenvalue weighted by molar-refractivity contribution is 5.01. The van der Waals surface area contributed by atoms with Gasteiger partial charge in [-0.05, 0) is 33.3 Å². The van der Waals surface area contributed by atoms with Gasteiger partial charge in [0.1, 0.15) is 0 Å². The van der Waals surface area contributed by atoms with Gasteiger partial charge in [-0.25, -0.2) is 0 Å². The topological polar surface area (TPSA) is 9.23 Å². The van der Waals surface area contributed by atoms with E-state index in [9.17, 15) is 0 Å². The van der Waals surface area contributed by atoms with Crippen LogP contribution in [0.15, 0.2) is 23.7 Å². The molecular weight excluding hydrogens is 112 g/mol. The maximum Gasteiger partial charge on any atom is 0.0991 e. The molecule has 1 heteroatoms. The van der Waals surface area contributed by atoms with Crippen molar-refractivity contribution in [2.45, 2.75) is 27.7 Å². The number of rotatable bonds is 2. The van der Waals surface area contributed by atoms with Crippen molar-refractivity contribution in [2.24, 2.45) is 0 Å². The summed E-state index contributed by atoms with van der Waals surface area (Å²) >= 11 is 0. The molecule has 0 bridgehead atoms. The van der Waals surface area contributed by atoms with Crippen molar-refractivity contribution in [1.29, 1.82) is 0 Å². The second-order valence-electron chi connectivity index (χ2n) is 2.36. The molecule has 0 aliphatic rings. The van der Waals surface area contributed by atoms with Gasteiger partial charge in [-0.1, -0.05) is 6.58 Å². The number of ether oxygens (including phenoxy) is 1. The van der Waals surface area contributed by atoms with Gasteiger partial charge in [0.2, 0.25) is 0 Å². The third-order valence-electron chi connectivity index (χ3n) is 1.03. The summed E-state index contributed by atoms with van der Waals surface area (Å²) in [5, 5.41) is 0. The zero-order valence-corrected chi connectivity index (χ0v) is 6.62. The van der Waals surface area contributed by atoms with Gasteiger partial charge in [0.05, 0.1) is 11.5 Å². The molecule has 0 aromatic heterocycles. The Bertz CT molecular complexity index is 139. The molecule has 0 amide bonds. The molecule has 0 aliphatic heterocycles. The van der Waals surface area contributed by atoms with Crippen molar-refractivity contribution < 1.29 is 4.74 Å². The summed E-state index contributed by atoms with van der Waals surface area (Å²) in [4.78, 5) is 0. The fraction of sp³-hybridized carbons (Fsp3) is 0.500. The summed E-state index contributed by atoms with van der Waals surface area (Å²) in [5.41, 5.74) is 1.19. The van der Waals surface area contributed by atoms with E-state index in [4.69, 9.17) is 4.74 Å². The highest BCUT2D eigenvalue weighted by atomic mass is 16.5. The van der Waals surface area contributed by atoms with Gasteiger partial charge in [0.15, 0.2) is 0 Å². The van der Waals surface area contributed by atoms with E-state index in [1.807, 2.05) is 27.7 Å². The van der Waals surface area contributed by atoms with Crippen LogP contribution in [-0.2, 0) is 4.74 Å². The minimum Gasteiger partial charge on any atom is -0.467 e. The van der Waals surface area contributed by atoms with Crippen LogP contribution in [0.3, 0.4) is 0 Å². The molecule has 0 atom stereocenters. The summed E-state index contributed by atoms with van der Waals surface area (Å²) < 4.78 is 5.20. The Balaban J connectivity index is 3.92. The average molecular weight is 126 g/mol. The van der Waals surface area contributed by atoms with Crippen LogP contribution >= 0.6 is 0 Å². The Kier molecular flexibility index (Phi) is 3.07. The highest BCUT2D eigenvalue weighted by Gasteiger charge is 1.90. The normalized spacial score (nSPS) is 8.44. The predicted molar refractivity (Wildman–Crippen MR) is 39.9 cm³/mol. The highest BCUT2D eigenvalue weighted by Crippen LogP contribution is 2.07. The smallest absolute Gasteiger partial charge is 0.0991 e. The van der Waals surface area contributed by atoms with Crippen LogP contribution in [0.25, 0.3) is 0 Å². The molecular formula is C8H14O. The molecule has 0 heterocycles. The van der Waals surface area contributed by atoms with Crippen molar-refractivity contribution in [2.75, 3.05) is 0 Å². The molecule has 0 saturated carbocycles. The molecule has 0 N–H and O–H groups in total. The molecule has 0 aromatic carbocycles. The maximum absolute atomic E-state index is 5.20. The molecule has 9 heavy (non-hydrogen) atoms. The molecule has 0 aliphatic carbocycles. The van der Waals surface area contributed by atoms with Gasteiger partial charge >= 0.3 is 0 Å². The van der Waals surface area contributed by atoms with Crippen LogP contribution < -0.4 is 0 Å². The molecule has 0 saturated heterocycles. The van der Waals surface area contributed by atoms with Crippen molar-refractivity contribution in [3.63, 3.8) is 0 Å². The first-order valence-electron chi connectivity index (χ1n) is 3.01. The first-order chi connectivity index (χ1) is 4.04. The molecule has 0 spiro atoms. The van der Waals surface area contributed by atoms with Crippen LogP contribution in [0.2, 0.25) is 0 Å². The predicted octanol–water partition coefficient (Wildman–Crippen LogP) is 2.85. The monoisotopic (exact) mass is 126 g/mol. The second kappa shape index (κ2) is 3.33. The van der Waals surface area contributed by atoms with Crippen molar-refractivity contribution in [3.8, 4) is 0 Å². The van der Waals surface area contributed by atoms with Gasteiger partial charge in [0.25, 0.3) is 0 Å². The zero-order chi connectivity index (χ0) is 7.44. The van der Waals surface area contributed by atoms with E-state index in [1.54, 1.807) is 0 Å². The lowest BCUT2D eigenvalue weighted by atomic mass is 10.3. The Morgan fingerprint density at radius 2 is 1.56 bits per heavy atom. The van der Waals surface area contributed by atoms with Gasteiger partial charge in [-0.2, -0.15) is 0 Å². The zero-order valence-electron chi connectivity index (χ0n) is 6.62. The molecule has 0 rings (SSSR count). The van der Waals surface area contributed by atoms with E-state index in [0.29, 0.717) is 0 Å². The van der Waals surface area contributed by atoms with E-state index in [-0.39, 0.29) is 0 Å². The lowest BCUT2D eigenvalue weighted by Gasteiger charge is -2.04. The second-order valence-corrected chi connectivity index (χ2v) is 2.36. The largest absolute Gasteiger partial charge is 0.467 e. The fourth-order valence-electron chi connectivity index (χ4n) is 0.363. The molecule has 0 unspecified atom stereocenters. The third-order valence-corrected chi connectivity index (χ3v) is 1.03. The average Bonchev–Trinajstić information content (AvgIpc) is 1.63. The molecule has 0 aromatic rings. The maximum atomic E-state index is 5.20. The lowest BCUT2D eigenvalue weighted by molar-refractivity contribution is 0.306. The Hall–Kier alpha value is -0.720. The summed E-state index contributed by atoms with van der Waals surface area (Å²) in [7, 11) is 0. The van der Waals surface area contributed by atoms with Crippen LogP contribution in [0.5, 0.6) is 0 Å². The minimum atomic E-state index is 0.744. The van der Waals surface area contributed by atoms with Crippen LogP contribution in [0.1, 0.15) is 27.7 Å². The third kappa shape index (κ3) is 3.83. The lowest BCUT2D eigenvalue weighted by Crippen LogP contribution is -1.85. The van der Waals surface area contributed by atoms with Crippen molar-refractivity contribution in [3.05, 3.63) is 23.7 Å². The quantitative estimate of drug-likeness (QED) is 0.517. The SMILES string of the molecule is C=C(C)OC(C)=C(C)C. The summed E-state index contributed by atoms with van der Waals surface area (Å²) in [6.45, 7) is 11.4. The first-order valence-corrected chi connectivity index (χ1v) is 3.01. The minimum absolute atomic E-state index is 0.744. The first kappa shape index (κ1) is 8.28.